The second kappa shape index (κ2) is 8.08. The van der Waals surface area contributed by atoms with Gasteiger partial charge in [0.2, 0.25) is 5.91 Å². The summed E-state index contributed by atoms with van der Waals surface area (Å²) < 4.78 is 0. The SMILES string of the molecule is CCC(C)(CNC(C)C)C(=O)NCc1ccc(C(C)=O)cc1. The van der Waals surface area contributed by atoms with Gasteiger partial charge in [0.15, 0.2) is 5.78 Å². The number of amides is 1. The second-order valence-electron chi connectivity index (χ2n) is 6.39. The monoisotopic (exact) mass is 304 g/mol. The Kier molecular flexibility index (Phi) is 6.75. The summed E-state index contributed by atoms with van der Waals surface area (Å²) in [5.41, 5.74) is 1.27. The average molecular weight is 304 g/mol. The Bertz CT molecular complexity index is 508. The van der Waals surface area contributed by atoms with Gasteiger partial charge in [-0.3, -0.25) is 9.59 Å². The fourth-order valence-electron chi connectivity index (χ4n) is 2.05. The van der Waals surface area contributed by atoms with Gasteiger partial charge >= 0.3 is 0 Å². The van der Waals surface area contributed by atoms with E-state index in [1.54, 1.807) is 19.1 Å². The third kappa shape index (κ3) is 5.26. The van der Waals surface area contributed by atoms with Crippen LogP contribution in [0.2, 0.25) is 0 Å². The summed E-state index contributed by atoms with van der Waals surface area (Å²) in [6.07, 6.45) is 0.780. The summed E-state index contributed by atoms with van der Waals surface area (Å²) in [4.78, 5) is 23.7. The van der Waals surface area contributed by atoms with Crippen LogP contribution in [0.25, 0.3) is 0 Å². The lowest BCUT2D eigenvalue weighted by Crippen LogP contribution is -2.46. The van der Waals surface area contributed by atoms with E-state index in [2.05, 4.69) is 24.5 Å². The standard InChI is InChI=1S/C18H28N2O2/c1-6-18(5,12-20-13(2)3)17(22)19-11-15-7-9-16(10-8-15)14(4)21/h7-10,13,20H,6,11-12H2,1-5H3,(H,19,22). The normalized spacial score (nSPS) is 13.7. The Morgan fingerprint density at radius 1 is 1.18 bits per heavy atom. The highest BCUT2D eigenvalue weighted by molar-refractivity contribution is 5.94. The van der Waals surface area contributed by atoms with Crippen molar-refractivity contribution in [3.05, 3.63) is 35.4 Å². The molecule has 1 unspecified atom stereocenters. The Labute approximate surface area is 133 Å². The lowest BCUT2D eigenvalue weighted by atomic mass is 9.86. The predicted molar refractivity (Wildman–Crippen MR) is 89.8 cm³/mol. The summed E-state index contributed by atoms with van der Waals surface area (Å²) in [7, 11) is 0. The minimum absolute atomic E-state index is 0.0499. The summed E-state index contributed by atoms with van der Waals surface area (Å²) >= 11 is 0. The van der Waals surface area contributed by atoms with Crippen LogP contribution < -0.4 is 10.6 Å². The highest BCUT2D eigenvalue weighted by Gasteiger charge is 2.30. The van der Waals surface area contributed by atoms with Crippen molar-refractivity contribution >= 4 is 11.7 Å². The maximum Gasteiger partial charge on any atom is 0.227 e. The number of hydrogen-bond donors (Lipinski definition) is 2. The Balaban J connectivity index is 2.61. The number of hydrogen-bond acceptors (Lipinski definition) is 3. The van der Waals surface area contributed by atoms with E-state index in [4.69, 9.17) is 0 Å². The number of benzene rings is 1. The van der Waals surface area contributed by atoms with Gasteiger partial charge in [-0.25, -0.2) is 0 Å². The van der Waals surface area contributed by atoms with Crippen LogP contribution in [0.4, 0.5) is 0 Å². The van der Waals surface area contributed by atoms with Gasteiger partial charge in [0.1, 0.15) is 0 Å². The van der Waals surface area contributed by atoms with Gasteiger partial charge in [-0.1, -0.05) is 45.0 Å². The van der Waals surface area contributed by atoms with E-state index < -0.39 is 5.41 Å². The fourth-order valence-corrected chi connectivity index (χ4v) is 2.05. The van der Waals surface area contributed by atoms with E-state index in [0.29, 0.717) is 24.7 Å². The van der Waals surface area contributed by atoms with Gasteiger partial charge in [-0.2, -0.15) is 0 Å². The number of nitrogens with one attached hydrogen (secondary N) is 2. The molecule has 122 valence electrons. The van der Waals surface area contributed by atoms with Crippen molar-refractivity contribution in [3.63, 3.8) is 0 Å². The zero-order valence-corrected chi connectivity index (χ0v) is 14.3. The molecule has 4 nitrogen and oxygen atoms in total. The van der Waals surface area contributed by atoms with Gasteiger partial charge in [0.25, 0.3) is 0 Å². The molecule has 0 spiro atoms. The van der Waals surface area contributed by atoms with Crippen molar-refractivity contribution < 1.29 is 9.59 Å². The first kappa shape index (κ1) is 18.4. The summed E-state index contributed by atoms with van der Waals surface area (Å²) in [6.45, 7) is 10.9. The Morgan fingerprint density at radius 3 is 2.23 bits per heavy atom. The highest BCUT2D eigenvalue weighted by atomic mass is 16.2. The number of ketones is 1. The van der Waals surface area contributed by atoms with Crippen molar-refractivity contribution in [3.8, 4) is 0 Å². The molecule has 0 heterocycles. The van der Waals surface area contributed by atoms with Gasteiger partial charge in [0.05, 0.1) is 5.41 Å². The van der Waals surface area contributed by atoms with Crippen molar-refractivity contribution in [1.29, 1.82) is 0 Å². The quantitative estimate of drug-likeness (QED) is 0.726. The number of carbonyl (C=O) groups is 2. The predicted octanol–water partition coefficient (Wildman–Crippen LogP) is 2.92. The molecule has 0 bridgehead atoms. The van der Waals surface area contributed by atoms with Gasteiger partial charge in [-0.05, 0) is 25.8 Å². The molecule has 0 aliphatic heterocycles. The summed E-state index contributed by atoms with van der Waals surface area (Å²) in [6, 6.07) is 7.71. The van der Waals surface area contributed by atoms with Crippen LogP contribution >= 0.6 is 0 Å². The van der Waals surface area contributed by atoms with E-state index in [-0.39, 0.29) is 11.7 Å². The van der Waals surface area contributed by atoms with Crippen LogP contribution in [0.3, 0.4) is 0 Å². The van der Waals surface area contributed by atoms with Crippen LogP contribution in [-0.4, -0.2) is 24.3 Å². The lowest BCUT2D eigenvalue weighted by Gasteiger charge is -2.28. The van der Waals surface area contributed by atoms with Crippen molar-refractivity contribution in [2.24, 2.45) is 5.41 Å². The maximum absolute atomic E-state index is 12.5. The molecule has 0 aliphatic carbocycles. The molecular weight excluding hydrogens is 276 g/mol. The average Bonchev–Trinajstić information content (AvgIpc) is 2.50. The minimum atomic E-state index is -0.413. The van der Waals surface area contributed by atoms with Crippen molar-refractivity contribution in [2.75, 3.05) is 6.54 Å². The third-order valence-corrected chi connectivity index (χ3v) is 4.04. The molecule has 1 amide bonds. The van der Waals surface area contributed by atoms with E-state index in [1.807, 2.05) is 26.0 Å². The van der Waals surface area contributed by atoms with Crippen LogP contribution in [0.1, 0.15) is 57.0 Å². The van der Waals surface area contributed by atoms with Crippen LogP contribution in [0, 0.1) is 5.41 Å². The zero-order valence-electron chi connectivity index (χ0n) is 14.3. The highest BCUT2D eigenvalue weighted by Crippen LogP contribution is 2.20. The number of rotatable bonds is 8. The first-order valence-corrected chi connectivity index (χ1v) is 7.90. The van der Waals surface area contributed by atoms with Gasteiger partial charge in [-0.15, -0.1) is 0 Å². The number of carbonyl (C=O) groups excluding carboxylic acids is 2. The molecule has 1 atom stereocenters. The van der Waals surface area contributed by atoms with E-state index >= 15 is 0 Å². The van der Waals surface area contributed by atoms with E-state index in [9.17, 15) is 9.59 Å². The first-order chi connectivity index (χ1) is 10.3. The number of Topliss-reactive ketones (excluding diaryl/α,β-unsaturated/α-hetero) is 1. The van der Waals surface area contributed by atoms with E-state index in [1.165, 1.54) is 0 Å². The van der Waals surface area contributed by atoms with Crippen molar-refractivity contribution in [1.82, 2.24) is 10.6 Å². The molecule has 0 aromatic heterocycles. The van der Waals surface area contributed by atoms with Gasteiger partial charge < -0.3 is 10.6 Å². The Hall–Kier alpha value is -1.68. The molecule has 1 aromatic carbocycles. The first-order valence-electron chi connectivity index (χ1n) is 7.90. The molecule has 0 radical (unpaired) electrons. The smallest absolute Gasteiger partial charge is 0.227 e. The zero-order chi connectivity index (χ0) is 16.8. The molecule has 0 saturated heterocycles. The van der Waals surface area contributed by atoms with Crippen LogP contribution in [-0.2, 0) is 11.3 Å². The second-order valence-corrected chi connectivity index (χ2v) is 6.39. The largest absolute Gasteiger partial charge is 0.352 e. The molecule has 4 heteroatoms. The van der Waals surface area contributed by atoms with E-state index in [0.717, 1.165) is 12.0 Å². The summed E-state index contributed by atoms with van der Waals surface area (Å²) in [5.74, 6) is 0.104. The molecule has 0 saturated carbocycles. The third-order valence-electron chi connectivity index (χ3n) is 4.04. The Morgan fingerprint density at radius 2 is 1.77 bits per heavy atom. The topological polar surface area (TPSA) is 58.2 Å². The fraction of sp³-hybridized carbons (Fsp3) is 0.556. The molecule has 1 rings (SSSR count). The summed E-state index contributed by atoms with van der Waals surface area (Å²) in [5, 5.41) is 6.34. The van der Waals surface area contributed by atoms with Gasteiger partial charge in [0, 0.05) is 24.7 Å². The van der Waals surface area contributed by atoms with Crippen LogP contribution in [0.5, 0.6) is 0 Å². The molecule has 0 fully saturated rings. The minimum Gasteiger partial charge on any atom is -0.352 e. The molecule has 0 aliphatic rings. The van der Waals surface area contributed by atoms with Crippen LogP contribution in [0.15, 0.2) is 24.3 Å². The molecular formula is C18H28N2O2. The maximum atomic E-state index is 12.5. The molecule has 22 heavy (non-hydrogen) atoms. The van der Waals surface area contributed by atoms with Crippen molar-refractivity contribution in [2.45, 2.75) is 53.6 Å². The molecule has 2 N–H and O–H groups in total. The molecule has 1 aromatic rings. The lowest BCUT2D eigenvalue weighted by molar-refractivity contribution is -0.130.